The van der Waals surface area contributed by atoms with Gasteiger partial charge >= 0.3 is 35.8 Å². The van der Waals surface area contributed by atoms with Crippen LogP contribution in [0.25, 0.3) is 0 Å². The summed E-state index contributed by atoms with van der Waals surface area (Å²) in [6, 6.07) is 11.1. The molecule has 0 spiro atoms. The molecule has 3 unspecified atom stereocenters. The third-order valence-electron chi connectivity index (χ3n) is 12.6. The minimum Gasteiger partial charge on any atom is -0.468 e. The lowest BCUT2D eigenvalue weighted by molar-refractivity contribution is -0.144. The molecule has 2 aromatic carbocycles. The van der Waals surface area contributed by atoms with Crippen LogP contribution in [0.15, 0.2) is 60.7 Å². The van der Waals surface area contributed by atoms with Gasteiger partial charge in [-0.2, -0.15) is 35.3 Å². The fourth-order valence-electron chi connectivity index (χ4n) is 7.61. The van der Waals surface area contributed by atoms with Crippen LogP contribution in [-0.2, 0) is 105 Å². The summed E-state index contributed by atoms with van der Waals surface area (Å²) < 4.78 is 27.4. The number of methoxy groups -OCH3 is 4. The summed E-state index contributed by atoms with van der Waals surface area (Å²) in [6.45, 7) is 6.65. The monoisotopic (exact) mass is 1500 g/mol. The molecule has 0 aromatic heterocycles. The lowest BCUT2D eigenvalue weighted by atomic mass is 10.1. The largest absolute Gasteiger partial charge is 0.468 e. The van der Waals surface area contributed by atoms with Gasteiger partial charge in [-0.05, 0) is 74.6 Å². The van der Waals surface area contributed by atoms with Gasteiger partial charge in [-0.25, -0.2) is 0 Å². The van der Waals surface area contributed by atoms with Crippen LogP contribution >= 0.6 is 35.3 Å². The summed E-state index contributed by atoms with van der Waals surface area (Å²) in [5.74, 6) is -8.29. The Balaban J connectivity index is 0.00000152. The second-order valence-electron chi connectivity index (χ2n) is 20.6. The highest BCUT2D eigenvalue weighted by Crippen LogP contribution is 2.13. The molecule has 0 aliphatic carbocycles. The molecule has 102 heavy (non-hydrogen) atoms. The second-order valence-corrected chi connectivity index (χ2v) is 24.1. The summed E-state index contributed by atoms with van der Waals surface area (Å²) >= 11 is 3.78. The number of thioether (sulfide) groups is 3. The van der Waals surface area contributed by atoms with Crippen LogP contribution in [0.4, 0.5) is 0 Å². The number of hydrogen-bond donors (Lipinski definition) is 12. The number of carbonyl (C=O) groups is 18. The van der Waals surface area contributed by atoms with Crippen molar-refractivity contribution in [2.75, 3.05) is 115 Å². The van der Waals surface area contributed by atoms with Gasteiger partial charge in [0.2, 0.25) is 59.1 Å². The first kappa shape index (κ1) is 92.0. The Labute approximate surface area is 602 Å². The van der Waals surface area contributed by atoms with E-state index in [9.17, 15) is 86.3 Å². The van der Waals surface area contributed by atoms with Gasteiger partial charge in [0.25, 0.3) is 11.8 Å². The van der Waals surface area contributed by atoms with Crippen molar-refractivity contribution in [3.05, 3.63) is 71.8 Å². The van der Waals surface area contributed by atoms with Crippen LogP contribution < -0.4 is 63.8 Å². The normalized spacial score (nSPS) is 11.9. The number of carbonyl (C=O) groups excluding carboxylic acids is 18. The Kier molecular flexibility index (Phi) is 49.3. The summed E-state index contributed by atoms with van der Waals surface area (Å²) in [6.07, 6.45) is 0.587. The molecule has 0 fully saturated rings. The van der Waals surface area contributed by atoms with Crippen molar-refractivity contribution in [2.24, 2.45) is 0 Å². The fourth-order valence-corrected chi connectivity index (χ4v) is 10.7. The minimum absolute atomic E-state index is 0.106. The number of benzene rings is 2. The Morgan fingerprint density at radius 3 is 0.775 bits per heavy atom. The Morgan fingerprint density at radius 2 is 0.529 bits per heavy atom. The Morgan fingerprint density at radius 1 is 0.314 bits per heavy atom. The van der Waals surface area contributed by atoms with Crippen molar-refractivity contribution in [1.29, 1.82) is 0 Å². The molecule has 0 saturated heterocycles. The molecule has 0 heterocycles. The lowest BCUT2D eigenvalue weighted by Crippen LogP contribution is -2.50. The average Bonchev–Trinajstić information content (AvgIpc) is 0.890. The summed E-state index contributed by atoms with van der Waals surface area (Å²) in [4.78, 5) is 213. The third kappa shape index (κ3) is 44.2. The van der Waals surface area contributed by atoms with Crippen molar-refractivity contribution in [3.63, 3.8) is 0 Å². The molecule has 39 heteroatoms. The van der Waals surface area contributed by atoms with E-state index in [2.05, 4.69) is 82.7 Å². The SMILES string of the molecule is CCOC(=O)CNC(=O)C(CCSC[C@H](NC(C)=O)C(=O)NCC(=O)OCC)NC(C)=O.COC(=O)CNC(=O)C(CCSC[C@H](NC(=O)c1ccccc1)C(=O)NCC(=O)OC)NC(=O)c1ccccc1.COC(=O)CNC(=O)C(CCSC[C@H](NC(C)=O)C(=O)NCC(=O)OC)NC(C)=O. The van der Waals surface area contributed by atoms with Gasteiger partial charge in [-0.1, -0.05) is 36.4 Å². The van der Waals surface area contributed by atoms with Crippen molar-refractivity contribution in [1.82, 2.24) is 63.8 Å². The maximum Gasteiger partial charge on any atom is 0.325 e. The topological polar surface area (TPSA) is 507 Å². The van der Waals surface area contributed by atoms with E-state index in [1.807, 2.05) is 0 Å². The smallest absolute Gasteiger partial charge is 0.325 e. The van der Waals surface area contributed by atoms with E-state index in [4.69, 9.17) is 9.47 Å². The highest BCUT2D eigenvalue weighted by molar-refractivity contribution is 7.99. The molecule has 12 N–H and O–H groups in total. The highest BCUT2D eigenvalue weighted by Gasteiger charge is 2.28. The summed E-state index contributed by atoms with van der Waals surface area (Å²) in [7, 11) is 4.74. The van der Waals surface area contributed by atoms with Crippen LogP contribution in [-0.4, -0.2) is 258 Å². The number of rotatable bonds is 43. The molecule has 36 nitrogen and oxygen atoms in total. The molecule has 0 aliphatic rings. The predicted molar refractivity (Wildman–Crippen MR) is 371 cm³/mol. The van der Waals surface area contributed by atoms with Crippen LogP contribution in [0.2, 0.25) is 0 Å². The quantitative estimate of drug-likeness (QED) is 0.0174. The van der Waals surface area contributed by atoms with Crippen molar-refractivity contribution >= 4 is 142 Å². The number of esters is 6. The second kappa shape index (κ2) is 54.7. The van der Waals surface area contributed by atoms with E-state index < -0.39 is 143 Å². The first-order valence-corrected chi connectivity index (χ1v) is 34.7. The number of amides is 12. The molecular weight excluding hydrogens is 1400 g/mol. The van der Waals surface area contributed by atoms with Crippen LogP contribution in [0, 0.1) is 0 Å². The summed E-state index contributed by atoms with van der Waals surface area (Å²) in [5.41, 5.74) is 0.705. The maximum atomic E-state index is 12.7. The molecule has 6 atom stereocenters. The molecule has 0 bridgehead atoms. The first-order valence-electron chi connectivity index (χ1n) is 31.2. The van der Waals surface area contributed by atoms with Gasteiger partial charge in [0.1, 0.15) is 75.5 Å². The maximum absolute atomic E-state index is 12.7. The van der Waals surface area contributed by atoms with Gasteiger partial charge in [-0.3, -0.25) is 86.3 Å². The first-order chi connectivity index (χ1) is 48.4. The molecule has 0 radical (unpaired) electrons. The van der Waals surface area contributed by atoms with Crippen molar-refractivity contribution in [3.8, 4) is 0 Å². The summed E-state index contributed by atoms with van der Waals surface area (Å²) in [5, 5.41) is 29.7. The third-order valence-corrected chi connectivity index (χ3v) is 15.8. The zero-order valence-electron chi connectivity index (χ0n) is 58.3. The number of nitrogens with one attached hydrogen (secondary N) is 12. The lowest BCUT2D eigenvalue weighted by Gasteiger charge is -2.20. The van der Waals surface area contributed by atoms with Gasteiger partial charge < -0.3 is 92.2 Å². The zero-order chi connectivity index (χ0) is 77.0. The molecule has 12 amide bonds. The van der Waals surface area contributed by atoms with Crippen LogP contribution in [0.3, 0.4) is 0 Å². The zero-order valence-corrected chi connectivity index (χ0v) is 60.7. The number of hydrogen-bond acceptors (Lipinski definition) is 27. The molecule has 0 saturated carbocycles. The van der Waals surface area contributed by atoms with E-state index in [-0.39, 0.29) is 89.0 Å². The molecular formula is C63H92N12O24S3. The van der Waals surface area contributed by atoms with E-state index >= 15 is 0 Å². The van der Waals surface area contributed by atoms with Gasteiger partial charge in [-0.15, -0.1) is 0 Å². The van der Waals surface area contributed by atoms with E-state index in [0.717, 1.165) is 0 Å². The molecule has 0 aliphatic heterocycles. The highest BCUT2D eigenvalue weighted by atomic mass is 32.2. The van der Waals surface area contributed by atoms with Crippen molar-refractivity contribution < 1.29 is 115 Å². The van der Waals surface area contributed by atoms with E-state index in [0.29, 0.717) is 28.4 Å². The number of ether oxygens (including phenoxy) is 6. The Hall–Kier alpha value is -10.0. The van der Waals surface area contributed by atoms with E-state index in [1.165, 1.54) is 91.4 Å². The minimum atomic E-state index is -1.01. The van der Waals surface area contributed by atoms with Gasteiger partial charge in [0.15, 0.2) is 0 Å². The van der Waals surface area contributed by atoms with Crippen molar-refractivity contribution in [2.45, 2.75) is 97.1 Å². The molecule has 2 aromatic rings. The van der Waals surface area contributed by atoms with E-state index in [1.54, 1.807) is 74.5 Å². The van der Waals surface area contributed by atoms with Crippen LogP contribution in [0.5, 0.6) is 0 Å². The fraction of sp³-hybridized carbons (Fsp3) is 0.524. The molecule has 566 valence electrons. The van der Waals surface area contributed by atoms with Gasteiger partial charge in [0.05, 0.1) is 41.7 Å². The predicted octanol–water partition coefficient (Wildman–Crippen LogP) is -3.54. The van der Waals surface area contributed by atoms with Crippen LogP contribution in [0.1, 0.15) is 81.5 Å². The average molecular weight is 1500 g/mol. The molecule has 2 rings (SSSR count). The standard InChI is InChI=1S/C27H32N4O8S.C19H32N4O8S.C17H28N4O8S/c1-38-22(32)15-28-26(36)20(30-24(34)18-9-5-3-6-10-18)13-14-40-17-21(27(37)29-16-23(33)39-2)31-25(35)19-11-7-4-8-12-19;1-5-30-16(26)9-20-18(28)14(22-12(3)24)7-8-32-11-15(23-13(4)25)19(29)21-10-17(27)31-6-2;1-10(22)20-12(16(26)18-7-14(24)28-3)5-6-30-9-13(21-11(2)23)17(27)19-8-15(25)29-4/h3-12,20-21H,13-17H2,1-2H3,(H,28,36)(H,29,37)(H,30,34)(H,31,35);14-15H,5-11H2,1-4H3,(H,20,28)(H,21,29)(H,22,24)(H,23,25);12-13H,5-9H2,1-4H3,(H,18,26)(H,19,27)(H,20,22)(H,21,23)/t20?,21-;14?,15-;12?,13-/m000/s1. The Bertz CT molecular complexity index is 2900. The van der Waals surface area contributed by atoms with Gasteiger partial charge in [0, 0.05) is 56.1 Å².